The van der Waals surface area contributed by atoms with Crippen LogP contribution < -0.4 is 16.4 Å². The van der Waals surface area contributed by atoms with Gasteiger partial charge >= 0.3 is 0 Å². The molecule has 0 aromatic carbocycles. The van der Waals surface area contributed by atoms with Crippen molar-refractivity contribution in [3.05, 3.63) is 0 Å². The topological polar surface area (TPSA) is 67.2 Å². The van der Waals surface area contributed by atoms with Crippen LogP contribution in [0.25, 0.3) is 0 Å². The van der Waals surface area contributed by atoms with Gasteiger partial charge in [-0.1, -0.05) is 0 Å². The molecule has 4 nitrogen and oxygen atoms in total. The van der Waals surface area contributed by atoms with Crippen LogP contribution >= 0.6 is 12.2 Å². The number of carbonyl (C=O) groups is 1. The number of amides is 1. The first-order valence-electron chi connectivity index (χ1n) is 4.60. The molecule has 0 radical (unpaired) electrons. The fraction of sp³-hybridized carbons (Fsp3) is 0.778. The molecule has 0 aromatic heterocycles. The minimum atomic E-state index is -0.398. The largest absolute Gasteiger partial charge is 0.370 e. The van der Waals surface area contributed by atoms with E-state index in [-0.39, 0.29) is 18.4 Å². The van der Waals surface area contributed by atoms with Crippen LogP contribution in [-0.4, -0.2) is 22.6 Å². The minimum absolute atomic E-state index is 0.257. The Bertz CT molecular complexity index is 226. The van der Waals surface area contributed by atoms with Gasteiger partial charge in [-0.2, -0.15) is 0 Å². The Morgan fingerprint density at radius 1 is 1.50 bits per heavy atom. The predicted octanol–water partition coefficient (Wildman–Crippen LogP) is 0.513. The molecule has 0 aliphatic heterocycles. The number of rotatable bonds is 4. The predicted molar refractivity (Wildman–Crippen MR) is 61.9 cm³/mol. The van der Waals surface area contributed by atoms with E-state index >= 15 is 0 Å². The third-order valence-corrected chi connectivity index (χ3v) is 1.71. The maximum absolute atomic E-state index is 10.7. The number of thiocarbonyl (C=S) groups is 1. The van der Waals surface area contributed by atoms with E-state index in [1.165, 1.54) is 0 Å². The number of nitrogens with one attached hydrogen (secondary N) is 2. The molecular weight excluding hydrogens is 198 g/mol. The van der Waals surface area contributed by atoms with Crippen molar-refractivity contribution in [3.63, 3.8) is 0 Å². The average Bonchev–Trinajstić information content (AvgIpc) is 1.77. The Balaban J connectivity index is 4.08. The molecule has 0 fully saturated rings. The monoisotopic (exact) mass is 217 g/mol. The highest BCUT2D eigenvalue weighted by molar-refractivity contribution is 7.80. The summed E-state index contributed by atoms with van der Waals surface area (Å²) in [7, 11) is 0. The van der Waals surface area contributed by atoms with Crippen molar-refractivity contribution >= 4 is 23.2 Å². The van der Waals surface area contributed by atoms with Gasteiger partial charge in [0.05, 0.1) is 0 Å². The van der Waals surface area contributed by atoms with Crippen molar-refractivity contribution in [2.24, 2.45) is 5.73 Å². The molecule has 0 saturated carbocycles. The highest BCUT2D eigenvalue weighted by atomic mass is 32.1. The molecule has 0 aliphatic rings. The van der Waals surface area contributed by atoms with E-state index in [0.29, 0.717) is 5.11 Å². The Kier molecular flexibility index (Phi) is 4.83. The molecule has 4 N–H and O–H groups in total. The first-order chi connectivity index (χ1) is 6.23. The Morgan fingerprint density at radius 3 is 2.36 bits per heavy atom. The molecule has 1 amide bonds. The normalized spacial score (nSPS) is 11.2. The van der Waals surface area contributed by atoms with Crippen molar-refractivity contribution in [1.29, 1.82) is 0 Å². The zero-order valence-corrected chi connectivity index (χ0v) is 9.99. The van der Waals surface area contributed by atoms with Gasteiger partial charge in [0.1, 0.15) is 0 Å². The van der Waals surface area contributed by atoms with Crippen molar-refractivity contribution in [2.45, 2.75) is 45.7 Å². The van der Waals surface area contributed by atoms with Gasteiger partial charge < -0.3 is 16.4 Å². The second kappa shape index (κ2) is 5.14. The molecule has 0 rings (SSSR count). The molecule has 0 spiro atoms. The van der Waals surface area contributed by atoms with Crippen LogP contribution in [0.5, 0.6) is 0 Å². The lowest BCUT2D eigenvalue weighted by atomic mass is 10.0. The van der Waals surface area contributed by atoms with Crippen LogP contribution in [-0.2, 0) is 4.79 Å². The molecular formula is C9H19N3OS. The van der Waals surface area contributed by atoms with E-state index in [0.717, 1.165) is 0 Å². The van der Waals surface area contributed by atoms with Crippen LogP contribution in [0.2, 0.25) is 0 Å². The molecule has 14 heavy (non-hydrogen) atoms. The Labute approximate surface area is 90.6 Å². The summed E-state index contributed by atoms with van der Waals surface area (Å²) in [5, 5.41) is 6.63. The lowest BCUT2D eigenvalue weighted by Crippen LogP contribution is -2.51. The molecule has 5 heteroatoms. The molecule has 0 saturated heterocycles. The minimum Gasteiger partial charge on any atom is -0.370 e. The lowest BCUT2D eigenvalue weighted by molar-refractivity contribution is -0.119. The summed E-state index contributed by atoms with van der Waals surface area (Å²) in [6.07, 6.45) is 0.257. The van der Waals surface area contributed by atoms with E-state index in [2.05, 4.69) is 10.6 Å². The fourth-order valence-electron chi connectivity index (χ4n) is 1.09. The smallest absolute Gasteiger partial charge is 0.219 e. The highest BCUT2D eigenvalue weighted by Gasteiger charge is 2.21. The number of hydrogen-bond donors (Lipinski definition) is 3. The van der Waals surface area contributed by atoms with Gasteiger partial charge in [0.25, 0.3) is 0 Å². The second-order valence-electron chi connectivity index (χ2n) is 4.28. The molecule has 0 unspecified atom stereocenters. The van der Waals surface area contributed by atoms with Crippen LogP contribution in [0.3, 0.4) is 0 Å². The zero-order chi connectivity index (χ0) is 11.4. The zero-order valence-electron chi connectivity index (χ0n) is 9.18. The molecule has 82 valence electrons. The van der Waals surface area contributed by atoms with Gasteiger partial charge in [0.15, 0.2) is 5.11 Å². The number of primary amides is 1. The molecule has 0 bridgehead atoms. The number of hydrogen-bond acceptors (Lipinski definition) is 2. The number of nitrogens with two attached hydrogens (primary N) is 1. The SMILES string of the molecule is CC(C)NC(=S)NC(C)(C)CC(N)=O. The van der Waals surface area contributed by atoms with Crippen LogP contribution in [0.15, 0.2) is 0 Å². The summed E-state index contributed by atoms with van der Waals surface area (Å²) in [4.78, 5) is 10.7. The first kappa shape index (κ1) is 13.2. The van der Waals surface area contributed by atoms with Crippen molar-refractivity contribution in [2.75, 3.05) is 0 Å². The summed E-state index contributed by atoms with van der Waals surface area (Å²) >= 11 is 5.06. The Morgan fingerprint density at radius 2 is 2.00 bits per heavy atom. The maximum atomic E-state index is 10.7. The van der Waals surface area contributed by atoms with Gasteiger partial charge in [-0.15, -0.1) is 0 Å². The van der Waals surface area contributed by atoms with Gasteiger partial charge in [0.2, 0.25) is 5.91 Å². The van der Waals surface area contributed by atoms with Crippen molar-refractivity contribution < 1.29 is 4.79 Å². The molecule has 0 aliphatic carbocycles. The lowest BCUT2D eigenvalue weighted by Gasteiger charge is -2.27. The van der Waals surface area contributed by atoms with Gasteiger partial charge in [-0.05, 0) is 39.9 Å². The molecule has 0 atom stereocenters. The van der Waals surface area contributed by atoms with Crippen LogP contribution in [0.4, 0.5) is 0 Å². The third-order valence-electron chi connectivity index (χ3n) is 1.49. The van der Waals surface area contributed by atoms with E-state index < -0.39 is 5.54 Å². The second-order valence-corrected chi connectivity index (χ2v) is 4.69. The van der Waals surface area contributed by atoms with Crippen LogP contribution in [0.1, 0.15) is 34.1 Å². The average molecular weight is 217 g/mol. The number of carbonyl (C=O) groups excluding carboxylic acids is 1. The van der Waals surface area contributed by atoms with E-state index in [1.807, 2.05) is 27.7 Å². The standard InChI is InChI=1S/C9H19N3OS/c1-6(2)11-8(14)12-9(3,4)5-7(10)13/h6H,5H2,1-4H3,(H2,10,13)(H2,11,12,14). The van der Waals surface area contributed by atoms with Crippen molar-refractivity contribution in [1.82, 2.24) is 10.6 Å². The summed E-state index contributed by atoms with van der Waals surface area (Å²) in [6.45, 7) is 7.75. The summed E-state index contributed by atoms with van der Waals surface area (Å²) in [5.74, 6) is -0.338. The summed E-state index contributed by atoms with van der Waals surface area (Å²) in [5.41, 5.74) is 4.71. The quantitative estimate of drug-likeness (QED) is 0.600. The van der Waals surface area contributed by atoms with Gasteiger partial charge in [-0.3, -0.25) is 4.79 Å². The maximum Gasteiger partial charge on any atom is 0.219 e. The molecule has 0 heterocycles. The Hall–Kier alpha value is -0.840. The van der Waals surface area contributed by atoms with E-state index in [9.17, 15) is 4.79 Å². The van der Waals surface area contributed by atoms with E-state index in [1.54, 1.807) is 0 Å². The first-order valence-corrected chi connectivity index (χ1v) is 5.01. The van der Waals surface area contributed by atoms with Gasteiger partial charge in [-0.25, -0.2) is 0 Å². The third kappa shape index (κ3) is 6.65. The highest BCUT2D eigenvalue weighted by Crippen LogP contribution is 2.06. The summed E-state index contributed by atoms with van der Waals surface area (Å²) in [6, 6.07) is 0.277. The summed E-state index contributed by atoms with van der Waals surface area (Å²) < 4.78 is 0. The molecule has 0 aromatic rings. The van der Waals surface area contributed by atoms with Gasteiger partial charge in [0, 0.05) is 18.0 Å². The fourth-order valence-corrected chi connectivity index (χ4v) is 1.60. The van der Waals surface area contributed by atoms with Crippen molar-refractivity contribution in [3.8, 4) is 0 Å². The van der Waals surface area contributed by atoms with Crippen LogP contribution in [0, 0.1) is 0 Å². The van der Waals surface area contributed by atoms with E-state index in [4.69, 9.17) is 18.0 Å².